The molecule has 0 aliphatic heterocycles. The van der Waals surface area contributed by atoms with Crippen LogP contribution in [0.5, 0.6) is 0 Å². The number of hydrogen-bond donors (Lipinski definition) is 3. The molecule has 4 bridgehead atoms. The summed E-state index contributed by atoms with van der Waals surface area (Å²) in [6.07, 6.45) is 5.50. The largest absolute Gasteiger partial charge is 0.356 e. The molecule has 4 aliphatic carbocycles. The minimum Gasteiger partial charge on any atom is -0.356 e. The summed E-state index contributed by atoms with van der Waals surface area (Å²) in [5.41, 5.74) is -1.62. The van der Waals surface area contributed by atoms with Gasteiger partial charge in [-0.3, -0.25) is 9.59 Å². The average molecular weight is 541 g/mol. The summed E-state index contributed by atoms with van der Waals surface area (Å²) in [5.74, 6) is 0.881. The van der Waals surface area contributed by atoms with Crippen LogP contribution in [0.2, 0.25) is 0 Å². The summed E-state index contributed by atoms with van der Waals surface area (Å²) in [5, 5.41) is 6.29. The summed E-state index contributed by atoms with van der Waals surface area (Å²) in [6.45, 7) is 5.93. The average Bonchev–Trinajstić information content (AvgIpc) is 2.73. The molecule has 4 fully saturated rings. The lowest BCUT2D eigenvalue weighted by molar-refractivity contribution is -0.151. The lowest BCUT2D eigenvalue weighted by Gasteiger charge is -2.59. The Morgan fingerprint density at radius 2 is 1.76 bits per heavy atom. The Kier molecular flexibility index (Phi) is 6.70. The standard InChI is InChI=1S/C24H34BrN3O4S/c1-4-9-26-22(30)24-12-15-10-16(13-24)20(17(11-15)14-24)27-21(29)23(2,3)28-33(31,32)19-8-6-5-7-18(19)25/h5-8,15-17,20,28H,4,9-14H2,1-3H3,(H,26,30)(H,27,29). The van der Waals surface area contributed by atoms with E-state index in [4.69, 9.17) is 0 Å². The Hall–Kier alpha value is -1.45. The summed E-state index contributed by atoms with van der Waals surface area (Å²) in [6, 6.07) is 6.52. The van der Waals surface area contributed by atoms with E-state index in [9.17, 15) is 18.0 Å². The van der Waals surface area contributed by atoms with Crippen molar-refractivity contribution in [3.8, 4) is 0 Å². The number of amides is 2. The van der Waals surface area contributed by atoms with Crippen LogP contribution in [0.3, 0.4) is 0 Å². The molecule has 3 N–H and O–H groups in total. The van der Waals surface area contributed by atoms with E-state index in [0.717, 1.165) is 38.5 Å². The lowest BCUT2D eigenvalue weighted by Crippen LogP contribution is -2.65. The van der Waals surface area contributed by atoms with Crippen molar-refractivity contribution < 1.29 is 18.0 Å². The van der Waals surface area contributed by atoms with Crippen LogP contribution < -0.4 is 15.4 Å². The molecule has 0 saturated heterocycles. The normalized spacial score (nSPS) is 30.8. The lowest BCUT2D eigenvalue weighted by atomic mass is 9.47. The van der Waals surface area contributed by atoms with Gasteiger partial charge in [-0.1, -0.05) is 19.1 Å². The third-order valence-corrected chi connectivity index (χ3v) is 10.3. The van der Waals surface area contributed by atoms with Gasteiger partial charge in [0, 0.05) is 17.1 Å². The topological polar surface area (TPSA) is 104 Å². The Labute approximate surface area is 205 Å². The van der Waals surface area contributed by atoms with Gasteiger partial charge in [-0.25, -0.2) is 8.42 Å². The molecule has 4 aliphatic rings. The zero-order valence-electron chi connectivity index (χ0n) is 19.5. The summed E-state index contributed by atoms with van der Waals surface area (Å²) >= 11 is 3.28. The number of nitrogens with one attached hydrogen (secondary N) is 3. The summed E-state index contributed by atoms with van der Waals surface area (Å²) in [7, 11) is -3.90. The van der Waals surface area contributed by atoms with Crippen molar-refractivity contribution in [1.82, 2.24) is 15.4 Å². The first-order chi connectivity index (χ1) is 15.5. The molecule has 4 saturated carbocycles. The molecule has 1 aromatic rings. The van der Waals surface area contributed by atoms with Crippen LogP contribution >= 0.6 is 15.9 Å². The van der Waals surface area contributed by atoms with Gasteiger partial charge in [-0.15, -0.1) is 0 Å². The fourth-order valence-electron chi connectivity index (χ4n) is 6.40. The van der Waals surface area contributed by atoms with Crippen molar-refractivity contribution in [2.45, 2.75) is 75.8 Å². The molecule has 182 valence electrons. The van der Waals surface area contributed by atoms with Crippen molar-refractivity contribution in [2.24, 2.45) is 23.2 Å². The number of rotatable bonds is 8. The van der Waals surface area contributed by atoms with E-state index in [0.29, 0.717) is 16.9 Å². The molecule has 33 heavy (non-hydrogen) atoms. The number of carbonyl (C=O) groups excluding carboxylic acids is 2. The Balaban J connectivity index is 1.46. The van der Waals surface area contributed by atoms with E-state index in [2.05, 4.69) is 38.2 Å². The van der Waals surface area contributed by atoms with E-state index in [1.807, 2.05) is 0 Å². The Bertz CT molecular complexity index is 1030. The smallest absolute Gasteiger partial charge is 0.242 e. The number of carbonyl (C=O) groups is 2. The molecule has 7 nitrogen and oxygen atoms in total. The molecule has 0 heterocycles. The summed E-state index contributed by atoms with van der Waals surface area (Å²) in [4.78, 5) is 26.4. The second-order valence-corrected chi connectivity index (χ2v) is 13.2. The SMILES string of the molecule is CCCNC(=O)C12CC3CC(C1)C(NC(=O)C(C)(C)NS(=O)(=O)c1ccccc1Br)C(C3)C2. The first-order valence-corrected chi connectivity index (χ1v) is 14.1. The number of benzene rings is 1. The highest BCUT2D eigenvalue weighted by Gasteiger charge is 2.58. The van der Waals surface area contributed by atoms with Gasteiger partial charge in [-0.2, -0.15) is 4.72 Å². The fourth-order valence-corrected chi connectivity index (χ4v) is 8.78. The van der Waals surface area contributed by atoms with Crippen LogP contribution in [-0.4, -0.2) is 38.4 Å². The van der Waals surface area contributed by atoms with Crippen LogP contribution in [0.1, 0.15) is 59.3 Å². The second-order valence-electron chi connectivity index (χ2n) is 10.7. The second kappa shape index (κ2) is 8.96. The number of hydrogen-bond acceptors (Lipinski definition) is 4. The Morgan fingerprint density at radius 1 is 1.12 bits per heavy atom. The molecule has 2 atom stereocenters. The van der Waals surface area contributed by atoms with Crippen LogP contribution in [0.15, 0.2) is 33.6 Å². The minimum atomic E-state index is -3.90. The molecule has 9 heteroatoms. The van der Waals surface area contributed by atoms with Crippen LogP contribution in [0, 0.1) is 23.2 Å². The molecule has 1 aromatic carbocycles. The molecule has 0 radical (unpaired) electrons. The third-order valence-electron chi connectivity index (χ3n) is 7.67. The quantitative estimate of drug-likeness (QED) is 0.471. The fraction of sp³-hybridized carbons (Fsp3) is 0.667. The first kappa shape index (κ1) is 24.7. The third kappa shape index (κ3) is 4.73. The van der Waals surface area contributed by atoms with E-state index in [-0.39, 0.29) is 40.0 Å². The van der Waals surface area contributed by atoms with Crippen molar-refractivity contribution in [1.29, 1.82) is 0 Å². The van der Waals surface area contributed by atoms with Gasteiger partial charge in [0.15, 0.2) is 0 Å². The maximum absolute atomic E-state index is 13.3. The Morgan fingerprint density at radius 3 is 2.36 bits per heavy atom. The zero-order chi connectivity index (χ0) is 24.0. The van der Waals surface area contributed by atoms with E-state index < -0.39 is 15.6 Å². The van der Waals surface area contributed by atoms with Gasteiger partial charge < -0.3 is 10.6 Å². The molecule has 0 spiro atoms. The summed E-state index contributed by atoms with van der Waals surface area (Å²) < 4.78 is 28.9. The van der Waals surface area contributed by atoms with Gasteiger partial charge in [0.1, 0.15) is 5.54 Å². The van der Waals surface area contributed by atoms with E-state index >= 15 is 0 Å². The maximum Gasteiger partial charge on any atom is 0.242 e. The van der Waals surface area contributed by atoms with E-state index in [1.54, 1.807) is 32.0 Å². The molecule has 2 amide bonds. The minimum absolute atomic E-state index is 0.0200. The number of halogens is 1. The van der Waals surface area contributed by atoms with Crippen LogP contribution in [0.25, 0.3) is 0 Å². The predicted octanol–water partition coefficient (Wildman–Crippen LogP) is 3.34. The van der Waals surface area contributed by atoms with Gasteiger partial charge in [0.25, 0.3) is 0 Å². The van der Waals surface area contributed by atoms with Crippen molar-refractivity contribution >= 4 is 37.8 Å². The number of sulfonamides is 1. The molecular weight excluding hydrogens is 506 g/mol. The van der Waals surface area contributed by atoms with Gasteiger partial charge in [-0.05, 0) is 98.2 Å². The highest BCUT2D eigenvalue weighted by atomic mass is 79.9. The zero-order valence-corrected chi connectivity index (χ0v) is 21.9. The molecular formula is C24H34BrN3O4S. The maximum atomic E-state index is 13.3. The predicted molar refractivity (Wildman–Crippen MR) is 130 cm³/mol. The van der Waals surface area contributed by atoms with Gasteiger partial charge in [0.05, 0.1) is 10.3 Å². The van der Waals surface area contributed by atoms with Gasteiger partial charge in [0.2, 0.25) is 21.8 Å². The molecule has 5 rings (SSSR count). The van der Waals surface area contributed by atoms with Crippen LogP contribution in [0.4, 0.5) is 0 Å². The molecule has 2 unspecified atom stereocenters. The van der Waals surface area contributed by atoms with Crippen molar-refractivity contribution in [2.75, 3.05) is 6.54 Å². The van der Waals surface area contributed by atoms with Crippen LogP contribution in [-0.2, 0) is 19.6 Å². The van der Waals surface area contributed by atoms with Crippen molar-refractivity contribution in [3.63, 3.8) is 0 Å². The molecule has 0 aromatic heterocycles. The monoisotopic (exact) mass is 539 g/mol. The first-order valence-electron chi connectivity index (χ1n) is 11.9. The van der Waals surface area contributed by atoms with Gasteiger partial charge >= 0.3 is 0 Å². The highest BCUT2D eigenvalue weighted by molar-refractivity contribution is 9.10. The highest BCUT2D eigenvalue weighted by Crippen LogP contribution is 2.60. The van der Waals surface area contributed by atoms with Crippen molar-refractivity contribution in [3.05, 3.63) is 28.7 Å². The van der Waals surface area contributed by atoms with E-state index in [1.165, 1.54) is 6.07 Å².